The van der Waals surface area contributed by atoms with Crippen LogP contribution in [0, 0.1) is 23.3 Å². The lowest BCUT2D eigenvalue weighted by atomic mass is 9.96. The maximum Gasteiger partial charge on any atom is 0.198 e. The first kappa shape index (κ1) is 14.5. The molecule has 7 heteroatoms. The number of benzene rings is 2. The molecule has 0 aliphatic rings. The summed E-state index contributed by atoms with van der Waals surface area (Å²) in [5.74, 6) is -6.70. The molecule has 2 aromatic carbocycles. The molecule has 2 nitrogen and oxygen atoms in total. The largest absolute Gasteiger partial charge is 0.375 e. The Balaban J connectivity index is 2.41. The molecule has 0 radical (unpaired) electrons. The molecule has 0 amide bonds. The van der Waals surface area contributed by atoms with Crippen LogP contribution in [-0.4, -0.2) is 4.98 Å². The van der Waals surface area contributed by atoms with Crippen LogP contribution in [0.2, 0.25) is 0 Å². The summed E-state index contributed by atoms with van der Waals surface area (Å²) in [7, 11) is 0. The van der Waals surface area contributed by atoms with Crippen LogP contribution in [0.4, 0.5) is 22.7 Å². The normalized spacial score (nSPS) is 10.9. The van der Waals surface area contributed by atoms with Crippen molar-refractivity contribution in [3.63, 3.8) is 0 Å². The third-order valence-electron chi connectivity index (χ3n) is 3.11. The van der Waals surface area contributed by atoms with Gasteiger partial charge in [0, 0.05) is 10.9 Å². The lowest BCUT2D eigenvalue weighted by Gasteiger charge is -2.12. The van der Waals surface area contributed by atoms with Crippen LogP contribution in [0.25, 0.3) is 22.4 Å². The fourth-order valence-electron chi connectivity index (χ4n) is 2.15. The SMILES string of the molecule is Nc1nc(-c2c(F)c(F)c(F)c(F)c2-c2ccccc2)cs1. The van der Waals surface area contributed by atoms with Crippen LogP contribution in [-0.2, 0) is 0 Å². The third-order valence-corrected chi connectivity index (χ3v) is 3.78. The molecule has 0 fully saturated rings. The number of hydrogen-bond acceptors (Lipinski definition) is 3. The Morgan fingerprint density at radius 3 is 1.95 bits per heavy atom. The summed E-state index contributed by atoms with van der Waals surface area (Å²) in [5.41, 5.74) is 4.81. The molecule has 1 heterocycles. The Morgan fingerprint density at radius 2 is 1.41 bits per heavy atom. The summed E-state index contributed by atoms with van der Waals surface area (Å²) >= 11 is 0.989. The number of halogens is 4. The Hall–Kier alpha value is -2.41. The molecule has 1 aromatic heterocycles. The number of nitrogens with zero attached hydrogens (tertiary/aromatic N) is 1. The fraction of sp³-hybridized carbons (Fsp3) is 0. The van der Waals surface area contributed by atoms with Crippen LogP contribution >= 0.6 is 11.3 Å². The summed E-state index contributed by atoms with van der Waals surface area (Å²) in [6, 6.07) is 7.75. The van der Waals surface area contributed by atoms with E-state index in [0.717, 1.165) is 11.3 Å². The summed E-state index contributed by atoms with van der Waals surface area (Å²) in [4.78, 5) is 3.84. The lowest BCUT2D eigenvalue weighted by molar-refractivity contribution is 0.412. The maximum atomic E-state index is 14.2. The van der Waals surface area contributed by atoms with Gasteiger partial charge in [0.25, 0.3) is 0 Å². The van der Waals surface area contributed by atoms with Crippen molar-refractivity contribution in [3.8, 4) is 22.4 Å². The molecule has 0 saturated carbocycles. The van der Waals surface area contributed by atoms with Crippen LogP contribution in [0.15, 0.2) is 35.7 Å². The monoisotopic (exact) mass is 324 g/mol. The van der Waals surface area contributed by atoms with E-state index in [1.807, 2.05) is 0 Å². The van der Waals surface area contributed by atoms with Gasteiger partial charge in [0.05, 0.1) is 11.3 Å². The highest BCUT2D eigenvalue weighted by Crippen LogP contribution is 2.39. The van der Waals surface area contributed by atoms with Crippen molar-refractivity contribution in [2.75, 3.05) is 5.73 Å². The smallest absolute Gasteiger partial charge is 0.198 e. The van der Waals surface area contributed by atoms with Crippen molar-refractivity contribution >= 4 is 16.5 Å². The molecule has 3 rings (SSSR count). The van der Waals surface area contributed by atoms with Crippen molar-refractivity contribution in [2.24, 2.45) is 0 Å². The van der Waals surface area contributed by atoms with Gasteiger partial charge in [-0.15, -0.1) is 11.3 Å². The van der Waals surface area contributed by atoms with Gasteiger partial charge in [0.15, 0.2) is 28.4 Å². The number of rotatable bonds is 2. The second-order valence-corrected chi connectivity index (χ2v) is 5.33. The third kappa shape index (κ3) is 2.23. The molecule has 22 heavy (non-hydrogen) atoms. The van der Waals surface area contributed by atoms with Gasteiger partial charge in [-0.2, -0.15) is 0 Å². The zero-order valence-corrected chi connectivity index (χ0v) is 11.7. The Morgan fingerprint density at radius 1 is 0.818 bits per heavy atom. The van der Waals surface area contributed by atoms with Crippen molar-refractivity contribution in [1.82, 2.24) is 4.98 Å². The van der Waals surface area contributed by atoms with E-state index >= 15 is 0 Å². The minimum Gasteiger partial charge on any atom is -0.375 e. The Kier molecular flexibility index (Phi) is 3.58. The van der Waals surface area contributed by atoms with Crippen LogP contribution in [0.1, 0.15) is 0 Å². The summed E-state index contributed by atoms with van der Waals surface area (Å²) in [6.07, 6.45) is 0. The van der Waals surface area contributed by atoms with E-state index in [9.17, 15) is 17.6 Å². The number of anilines is 1. The summed E-state index contributed by atoms with van der Waals surface area (Å²) in [5, 5.41) is 1.47. The molecule has 0 aliphatic carbocycles. The Bertz CT molecular complexity index is 846. The van der Waals surface area contributed by atoms with E-state index in [2.05, 4.69) is 4.98 Å². The molecule has 0 spiro atoms. The van der Waals surface area contributed by atoms with Crippen molar-refractivity contribution in [2.45, 2.75) is 0 Å². The number of hydrogen-bond donors (Lipinski definition) is 1. The van der Waals surface area contributed by atoms with Gasteiger partial charge >= 0.3 is 0 Å². The standard InChI is InChI=1S/C15H8F4N2S/c16-11-9(7-4-2-1-3-5-7)10(8-6-22-15(20)21-8)12(17)14(19)13(11)18/h1-6H,(H2,20,21). The molecule has 3 aromatic rings. The molecule has 0 aliphatic heterocycles. The van der Waals surface area contributed by atoms with Gasteiger partial charge in [-0.05, 0) is 5.56 Å². The van der Waals surface area contributed by atoms with E-state index in [1.54, 1.807) is 18.2 Å². The predicted molar refractivity (Wildman–Crippen MR) is 77.2 cm³/mol. The van der Waals surface area contributed by atoms with Gasteiger partial charge in [-0.25, -0.2) is 22.5 Å². The molecule has 112 valence electrons. The Labute approximate surface area is 126 Å². The minimum atomic E-state index is -1.88. The molecule has 0 unspecified atom stereocenters. The fourth-order valence-corrected chi connectivity index (χ4v) is 2.70. The van der Waals surface area contributed by atoms with Crippen LogP contribution < -0.4 is 5.73 Å². The first-order valence-corrected chi connectivity index (χ1v) is 7.01. The zero-order chi connectivity index (χ0) is 15.9. The van der Waals surface area contributed by atoms with Gasteiger partial charge in [-0.3, -0.25) is 0 Å². The molecule has 0 bridgehead atoms. The average molecular weight is 324 g/mol. The van der Waals surface area contributed by atoms with Crippen LogP contribution in [0.3, 0.4) is 0 Å². The maximum absolute atomic E-state index is 14.2. The molecule has 2 N–H and O–H groups in total. The van der Waals surface area contributed by atoms with Crippen molar-refractivity contribution in [3.05, 3.63) is 59.0 Å². The van der Waals surface area contributed by atoms with Gasteiger partial charge in [0.2, 0.25) is 0 Å². The first-order chi connectivity index (χ1) is 10.5. The van der Waals surface area contributed by atoms with Crippen LogP contribution in [0.5, 0.6) is 0 Å². The number of nitrogen functional groups attached to an aromatic ring is 1. The molecular weight excluding hydrogens is 316 g/mol. The van der Waals surface area contributed by atoms with E-state index in [-0.39, 0.29) is 22.0 Å². The second-order valence-electron chi connectivity index (χ2n) is 4.44. The second kappa shape index (κ2) is 5.42. The first-order valence-electron chi connectivity index (χ1n) is 6.13. The lowest BCUT2D eigenvalue weighted by Crippen LogP contribution is -2.03. The quantitative estimate of drug-likeness (QED) is 0.424. The van der Waals surface area contributed by atoms with E-state index in [0.29, 0.717) is 0 Å². The summed E-state index contributed by atoms with van der Waals surface area (Å²) in [6.45, 7) is 0. The van der Waals surface area contributed by atoms with Crippen molar-refractivity contribution < 1.29 is 17.6 Å². The van der Waals surface area contributed by atoms with E-state index in [1.165, 1.54) is 17.5 Å². The number of thiazole rings is 1. The highest BCUT2D eigenvalue weighted by Gasteiger charge is 2.28. The van der Waals surface area contributed by atoms with E-state index in [4.69, 9.17) is 5.73 Å². The highest BCUT2D eigenvalue weighted by molar-refractivity contribution is 7.13. The highest BCUT2D eigenvalue weighted by atomic mass is 32.1. The molecular formula is C15H8F4N2S. The number of aromatic nitrogens is 1. The minimum absolute atomic E-state index is 0.0448. The number of nitrogens with two attached hydrogens (primary N) is 1. The van der Waals surface area contributed by atoms with Gasteiger partial charge in [-0.1, -0.05) is 30.3 Å². The topological polar surface area (TPSA) is 38.9 Å². The molecule has 0 saturated heterocycles. The van der Waals surface area contributed by atoms with Gasteiger partial charge in [0.1, 0.15) is 0 Å². The molecule has 0 atom stereocenters. The van der Waals surface area contributed by atoms with Crippen molar-refractivity contribution in [1.29, 1.82) is 0 Å². The van der Waals surface area contributed by atoms with E-state index < -0.39 is 28.8 Å². The van der Waals surface area contributed by atoms with Gasteiger partial charge < -0.3 is 5.73 Å². The zero-order valence-electron chi connectivity index (χ0n) is 10.9. The summed E-state index contributed by atoms with van der Waals surface area (Å²) < 4.78 is 55.7. The predicted octanol–water partition coefficient (Wildman–Crippen LogP) is 4.62. The average Bonchev–Trinajstić information content (AvgIpc) is 2.95.